The SMILES string of the molecule is Cc1cc(/C=N\NC(=O)CN(c2ccc(Oc3ccccc3)cc2)S(C)(=O)=O)c(C)n1-c1ccccc1. The molecule has 0 aliphatic rings. The first kappa shape index (κ1) is 25.7. The highest BCUT2D eigenvalue weighted by molar-refractivity contribution is 7.92. The molecule has 0 saturated heterocycles. The number of carbonyl (C=O) groups excluding carboxylic acids is 1. The smallest absolute Gasteiger partial charge is 0.260 e. The third-order valence-electron chi connectivity index (χ3n) is 5.67. The maximum atomic E-state index is 12.6. The molecular weight excluding hydrogens is 488 g/mol. The van der Waals surface area contributed by atoms with E-state index in [1.807, 2.05) is 80.6 Å². The monoisotopic (exact) mass is 516 g/mol. The molecule has 9 heteroatoms. The van der Waals surface area contributed by atoms with Crippen molar-refractivity contribution >= 4 is 27.8 Å². The molecule has 1 aromatic heterocycles. The number of rotatable bonds is 9. The fourth-order valence-electron chi connectivity index (χ4n) is 3.94. The summed E-state index contributed by atoms with van der Waals surface area (Å²) >= 11 is 0. The van der Waals surface area contributed by atoms with Gasteiger partial charge in [-0.2, -0.15) is 5.10 Å². The average Bonchev–Trinajstić information content (AvgIpc) is 3.16. The van der Waals surface area contributed by atoms with Crippen LogP contribution in [0.4, 0.5) is 5.69 Å². The fourth-order valence-corrected chi connectivity index (χ4v) is 4.79. The number of hydrazone groups is 1. The van der Waals surface area contributed by atoms with E-state index in [1.54, 1.807) is 30.5 Å². The van der Waals surface area contributed by atoms with Crippen molar-refractivity contribution in [3.05, 3.63) is 108 Å². The fraction of sp³-hybridized carbons (Fsp3) is 0.143. The van der Waals surface area contributed by atoms with E-state index in [1.165, 1.54) is 0 Å². The van der Waals surface area contributed by atoms with E-state index in [-0.39, 0.29) is 0 Å². The van der Waals surface area contributed by atoms with E-state index in [0.717, 1.165) is 33.2 Å². The van der Waals surface area contributed by atoms with Crippen LogP contribution in [0, 0.1) is 13.8 Å². The Morgan fingerprint density at radius 2 is 1.54 bits per heavy atom. The summed E-state index contributed by atoms with van der Waals surface area (Å²) in [6.45, 7) is 3.55. The summed E-state index contributed by atoms with van der Waals surface area (Å²) in [5.74, 6) is 0.644. The summed E-state index contributed by atoms with van der Waals surface area (Å²) in [5, 5.41) is 4.06. The van der Waals surface area contributed by atoms with Crippen molar-refractivity contribution in [2.45, 2.75) is 13.8 Å². The van der Waals surface area contributed by atoms with Crippen molar-refractivity contribution in [2.75, 3.05) is 17.1 Å². The molecule has 0 unspecified atom stereocenters. The maximum Gasteiger partial charge on any atom is 0.260 e. The highest BCUT2D eigenvalue weighted by Gasteiger charge is 2.21. The Morgan fingerprint density at radius 1 is 0.946 bits per heavy atom. The number of benzene rings is 3. The van der Waals surface area contributed by atoms with E-state index in [0.29, 0.717) is 17.2 Å². The Balaban J connectivity index is 1.43. The van der Waals surface area contributed by atoms with Gasteiger partial charge in [0.1, 0.15) is 18.0 Å². The van der Waals surface area contributed by atoms with E-state index in [4.69, 9.17) is 4.74 Å². The zero-order chi connectivity index (χ0) is 26.4. The third kappa shape index (κ3) is 6.45. The van der Waals surface area contributed by atoms with Gasteiger partial charge in [0.15, 0.2) is 0 Å². The second-order valence-electron chi connectivity index (χ2n) is 8.47. The van der Waals surface area contributed by atoms with Crippen LogP contribution in [0.2, 0.25) is 0 Å². The molecule has 0 spiro atoms. The Hall–Kier alpha value is -4.37. The molecule has 0 aliphatic carbocycles. The van der Waals surface area contributed by atoms with Gasteiger partial charge >= 0.3 is 0 Å². The quantitative estimate of drug-likeness (QED) is 0.255. The van der Waals surface area contributed by atoms with E-state index in [2.05, 4.69) is 15.1 Å². The van der Waals surface area contributed by atoms with Crippen molar-refractivity contribution in [1.82, 2.24) is 9.99 Å². The first-order chi connectivity index (χ1) is 17.7. The minimum absolute atomic E-state index is 0.341. The van der Waals surface area contributed by atoms with Gasteiger partial charge in [-0.1, -0.05) is 36.4 Å². The molecule has 0 bridgehead atoms. The number of carbonyl (C=O) groups is 1. The molecule has 1 amide bonds. The van der Waals surface area contributed by atoms with Crippen LogP contribution in [0.25, 0.3) is 5.69 Å². The van der Waals surface area contributed by atoms with Crippen molar-refractivity contribution in [1.29, 1.82) is 0 Å². The van der Waals surface area contributed by atoms with Gasteiger partial charge in [0.05, 0.1) is 18.2 Å². The summed E-state index contributed by atoms with van der Waals surface area (Å²) in [6.07, 6.45) is 2.61. The number of anilines is 1. The van der Waals surface area contributed by atoms with Gasteiger partial charge in [-0.05, 0) is 68.4 Å². The molecule has 4 aromatic rings. The second kappa shape index (κ2) is 11.1. The van der Waals surface area contributed by atoms with Gasteiger partial charge in [0.25, 0.3) is 5.91 Å². The number of ether oxygens (including phenoxy) is 1. The van der Waals surface area contributed by atoms with E-state index < -0.39 is 22.5 Å². The average molecular weight is 517 g/mol. The van der Waals surface area contributed by atoms with Gasteiger partial charge in [0.2, 0.25) is 10.0 Å². The van der Waals surface area contributed by atoms with E-state index >= 15 is 0 Å². The number of nitrogens with zero attached hydrogens (tertiary/aromatic N) is 3. The highest BCUT2D eigenvalue weighted by Crippen LogP contribution is 2.25. The number of hydrogen-bond acceptors (Lipinski definition) is 5. The summed E-state index contributed by atoms with van der Waals surface area (Å²) in [4.78, 5) is 12.6. The number of nitrogens with one attached hydrogen (secondary N) is 1. The van der Waals surface area contributed by atoms with Gasteiger partial charge in [-0.3, -0.25) is 9.10 Å². The number of aryl methyl sites for hydroxylation is 1. The molecule has 4 rings (SSSR count). The number of para-hydroxylation sites is 2. The summed E-state index contributed by atoms with van der Waals surface area (Å²) < 4.78 is 33.7. The van der Waals surface area contributed by atoms with Crippen molar-refractivity contribution in [2.24, 2.45) is 5.10 Å². The molecule has 0 fully saturated rings. The standard InChI is InChI=1S/C28H28N4O4S/c1-21-18-23(22(2)32(21)25-10-6-4-7-11-25)19-29-30-28(33)20-31(37(3,34)35)24-14-16-27(17-15-24)36-26-12-8-5-9-13-26/h4-19H,20H2,1-3H3,(H,30,33)/b29-19-. The van der Waals surface area contributed by atoms with Crippen LogP contribution in [-0.4, -0.2) is 37.9 Å². The molecule has 0 aliphatic heterocycles. The van der Waals surface area contributed by atoms with Gasteiger partial charge in [0, 0.05) is 22.6 Å². The molecule has 1 N–H and O–H groups in total. The Morgan fingerprint density at radius 3 is 2.16 bits per heavy atom. The molecule has 37 heavy (non-hydrogen) atoms. The van der Waals surface area contributed by atoms with Crippen LogP contribution in [-0.2, 0) is 14.8 Å². The zero-order valence-corrected chi connectivity index (χ0v) is 21.6. The van der Waals surface area contributed by atoms with Crippen LogP contribution in [0.1, 0.15) is 17.0 Å². The topological polar surface area (TPSA) is 93.0 Å². The van der Waals surface area contributed by atoms with Gasteiger partial charge in [-0.15, -0.1) is 0 Å². The van der Waals surface area contributed by atoms with Crippen LogP contribution in [0.15, 0.2) is 96.1 Å². The molecular formula is C28H28N4O4S. The van der Waals surface area contributed by atoms with Crippen molar-refractivity contribution in [3.63, 3.8) is 0 Å². The minimum atomic E-state index is -3.73. The second-order valence-corrected chi connectivity index (χ2v) is 10.4. The molecule has 190 valence electrons. The van der Waals surface area contributed by atoms with Crippen LogP contribution in [0.5, 0.6) is 11.5 Å². The highest BCUT2D eigenvalue weighted by atomic mass is 32.2. The predicted octanol–water partition coefficient (Wildman–Crippen LogP) is 4.80. The largest absolute Gasteiger partial charge is 0.457 e. The van der Waals surface area contributed by atoms with Crippen LogP contribution in [0.3, 0.4) is 0 Å². The number of sulfonamides is 1. The Labute approximate surface area is 216 Å². The van der Waals surface area contributed by atoms with Crippen molar-refractivity contribution in [3.8, 4) is 17.2 Å². The third-order valence-corrected chi connectivity index (χ3v) is 6.81. The maximum absolute atomic E-state index is 12.6. The molecule has 0 radical (unpaired) electrons. The molecule has 1 heterocycles. The number of aromatic nitrogens is 1. The lowest BCUT2D eigenvalue weighted by Gasteiger charge is -2.21. The van der Waals surface area contributed by atoms with Gasteiger partial charge in [-0.25, -0.2) is 13.8 Å². The molecule has 8 nitrogen and oxygen atoms in total. The van der Waals surface area contributed by atoms with Crippen LogP contribution < -0.4 is 14.5 Å². The van der Waals surface area contributed by atoms with Crippen molar-refractivity contribution < 1.29 is 17.9 Å². The zero-order valence-electron chi connectivity index (χ0n) is 20.8. The molecule has 0 atom stereocenters. The first-order valence-corrected chi connectivity index (χ1v) is 13.4. The number of hydrogen-bond donors (Lipinski definition) is 1. The Bertz CT molecular complexity index is 1500. The first-order valence-electron chi connectivity index (χ1n) is 11.6. The normalized spacial score (nSPS) is 11.4. The lowest BCUT2D eigenvalue weighted by Crippen LogP contribution is -2.39. The minimum Gasteiger partial charge on any atom is -0.457 e. The summed E-state index contributed by atoms with van der Waals surface area (Å²) in [5.41, 5.74) is 6.65. The molecule has 0 saturated carbocycles. The Kier molecular flexibility index (Phi) is 7.74. The number of amides is 1. The lowest BCUT2D eigenvalue weighted by atomic mass is 10.2. The lowest BCUT2D eigenvalue weighted by molar-refractivity contribution is -0.119. The summed E-state index contributed by atoms with van der Waals surface area (Å²) in [7, 11) is -3.73. The van der Waals surface area contributed by atoms with Gasteiger partial charge < -0.3 is 9.30 Å². The molecule has 3 aromatic carbocycles. The van der Waals surface area contributed by atoms with Crippen LogP contribution >= 0.6 is 0 Å². The van der Waals surface area contributed by atoms with E-state index in [9.17, 15) is 13.2 Å². The predicted molar refractivity (Wildman–Crippen MR) is 146 cm³/mol. The summed E-state index contributed by atoms with van der Waals surface area (Å²) in [6, 6.07) is 27.6.